The summed E-state index contributed by atoms with van der Waals surface area (Å²) in [7, 11) is -3.80. The fraction of sp³-hybridized carbons (Fsp3) is 0.429. The third kappa shape index (κ3) is 9.17. The number of aryl methyl sites for hydroxylation is 1. The zero-order valence-electron chi connectivity index (χ0n) is 25.8. The van der Waals surface area contributed by atoms with Gasteiger partial charge >= 0.3 is 0 Å². The Labute approximate surface area is 257 Å². The molecule has 8 heteroatoms. The first-order chi connectivity index (χ1) is 20.5. The lowest BCUT2D eigenvalue weighted by atomic mass is 9.94. The number of benzene rings is 3. The summed E-state index contributed by atoms with van der Waals surface area (Å²) in [4.78, 5) is 29.9. The van der Waals surface area contributed by atoms with Crippen LogP contribution >= 0.6 is 0 Å². The van der Waals surface area contributed by atoms with E-state index in [1.807, 2.05) is 73.7 Å². The van der Waals surface area contributed by atoms with Gasteiger partial charge in [-0.25, -0.2) is 8.42 Å². The molecule has 0 radical (unpaired) electrons. The van der Waals surface area contributed by atoms with Gasteiger partial charge in [0.15, 0.2) is 0 Å². The fourth-order valence-electron chi connectivity index (χ4n) is 5.63. The molecule has 0 saturated heterocycles. The molecule has 0 aliphatic heterocycles. The van der Waals surface area contributed by atoms with E-state index >= 15 is 0 Å². The number of carbonyl (C=O) groups excluding carboxylic acids is 2. The summed E-state index contributed by atoms with van der Waals surface area (Å²) < 4.78 is 27.2. The number of hydrogen-bond donors (Lipinski definition) is 1. The van der Waals surface area contributed by atoms with E-state index in [0.717, 1.165) is 64.9 Å². The third-order valence-corrected chi connectivity index (χ3v) is 9.36. The van der Waals surface area contributed by atoms with Crippen molar-refractivity contribution in [1.29, 1.82) is 0 Å². The zero-order valence-corrected chi connectivity index (χ0v) is 26.6. The molecule has 2 amide bonds. The van der Waals surface area contributed by atoms with E-state index < -0.39 is 28.5 Å². The number of anilines is 1. The van der Waals surface area contributed by atoms with Crippen LogP contribution in [0.25, 0.3) is 0 Å². The summed E-state index contributed by atoms with van der Waals surface area (Å²) >= 11 is 0. The highest BCUT2D eigenvalue weighted by Crippen LogP contribution is 2.24. The van der Waals surface area contributed by atoms with Crippen LogP contribution in [0.3, 0.4) is 0 Å². The average Bonchev–Trinajstić information content (AvgIpc) is 2.99. The molecule has 4 rings (SSSR count). The van der Waals surface area contributed by atoms with Crippen LogP contribution in [0.15, 0.2) is 78.9 Å². The number of nitrogens with zero attached hydrogens (tertiary/aromatic N) is 2. The lowest BCUT2D eigenvalue weighted by molar-refractivity contribution is -0.140. The molecule has 0 heterocycles. The maximum atomic E-state index is 14.3. The molecule has 3 aromatic carbocycles. The van der Waals surface area contributed by atoms with Crippen molar-refractivity contribution in [2.24, 2.45) is 0 Å². The van der Waals surface area contributed by atoms with Crippen molar-refractivity contribution in [3.63, 3.8) is 0 Å². The number of hydrogen-bond acceptors (Lipinski definition) is 4. The van der Waals surface area contributed by atoms with E-state index in [1.54, 1.807) is 17.0 Å². The zero-order chi connectivity index (χ0) is 31.0. The number of rotatable bonds is 12. The Bertz CT molecular complexity index is 1450. The molecule has 1 atom stereocenters. The lowest BCUT2D eigenvalue weighted by Crippen LogP contribution is -2.55. The highest BCUT2D eigenvalue weighted by molar-refractivity contribution is 7.92. The molecule has 1 aliphatic rings. The van der Waals surface area contributed by atoms with Crippen LogP contribution in [0.5, 0.6) is 0 Å². The Balaban J connectivity index is 1.71. The molecular formula is C35H45N3O4S. The first kappa shape index (κ1) is 32.3. The minimum Gasteiger partial charge on any atom is -0.352 e. The van der Waals surface area contributed by atoms with Gasteiger partial charge in [-0.1, -0.05) is 105 Å². The van der Waals surface area contributed by atoms with Crippen LogP contribution in [-0.2, 0) is 32.6 Å². The second-order valence-corrected chi connectivity index (χ2v) is 14.0. The summed E-state index contributed by atoms with van der Waals surface area (Å²) in [6.07, 6.45) is 6.57. The summed E-state index contributed by atoms with van der Waals surface area (Å²) in [6.45, 7) is 5.91. The maximum absolute atomic E-state index is 14.3. The molecule has 1 N–H and O–H groups in total. The van der Waals surface area contributed by atoms with Gasteiger partial charge in [-0.3, -0.25) is 13.9 Å². The van der Waals surface area contributed by atoms with E-state index in [0.29, 0.717) is 12.1 Å². The summed E-state index contributed by atoms with van der Waals surface area (Å²) in [5.41, 5.74) is 4.38. The summed E-state index contributed by atoms with van der Waals surface area (Å²) in [5.74, 6) is -0.351. The van der Waals surface area contributed by atoms with Gasteiger partial charge in [0, 0.05) is 19.0 Å². The van der Waals surface area contributed by atoms with Gasteiger partial charge in [0.1, 0.15) is 12.6 Å². The first-order valence-corrected chi connectivity index (χ1v) is 17.1. The van der Waals surface area contributed by atoms with Gasteiger partial charge in [-0.05, 0) is 54.5 Å². The fourth-order valence-corrected chi connectivity index (χ4v) is 6.48. The van der Waals surface area contributed by atoms with Crippen LogP contribution in [0.1, 0.15) is 74.1 Å². The van der Waals surface area contributed by atoms with Crippen LogP contribution in [-0.4, -0.2) is 50.0 Å². The lowest BCUT2D eigenvalue weighted by Gasteiger charge is -2.35. The predicted octanol–water partition coefficient (Wildman–Crippen LogP) is 5.97. The molecule has 1 fully saturated rings. The predicted molar refractivity (Wildman–Crippen MR) is 173 cm³/mol. The molecule has 0 spiro atoms. The van der Waals surface area contributed by atoms with Gasteiger partial charge in [-0.2, -0.15) is 0 Å². The van der Waals surface area contributed by atoms with Crippen LogP contribution in [0, 0.1) is 6.92 Å². The van der Waals surface area contributed by atoms with Crippen molar-refractivity contribution >= 4 is 27.5 Å². The van der Waals surface area contributed by atoms with E-state index in [2.05, 4.69) is 19.2 Å². The highest BCUT2D eigenvalue weighted by atomic mass is 32.2. The first-order valence-electron chi connectivity index (χ1n) is 15.3. The Morgan fingerprint density at radius 1 is 0.860 bits per heavy atom. The van der Waals surface area contributed by atoms with Gasteiger partial charge < -0.3 is 10.2 Å². The van der Waals surface area contributed by atoms with Gasteiger partial charge in [0.2, 0.25) is 21.8 Å². The Kier molecular flexibility index (Phi) is 11.0. The maximum Gasteiger partial charge on any atom is 0.244 e. The second-order valence-electron chi connectivity index (χ2n) is 12.1. The van der Waals surface area contributed by atoms with Crippen molar-refractivity contribution in [3.05, 3.63) is 101 Å². The van der Waals surface area contributed by atoms with Crippen molar-refractivity contribution < 1.29 is 18.0 Å². The van der Waals surface area contributed by atoms with Crippen LogP contribution < -0.4 is 9.62 Å². The van der Waals surface area contributed by atoms with Gasteiger partial charge in [0.25, 0.3) is 0 Å². The monoisotopic (exact) mass is 603 g/mol. The minimum atomic E-state index is -3.80. The van der Waals surface area contributed by atoms with Crippen molar-refractivity contribution in [1.82, 2.24) is 10.2 Å². The Morgan fingerprint density at radius 2 is 1.49 bits per heavy atom. The largest absolute Gasteiger partial charge is 0.352 e. The van der Waals surface area contributed by atoms with Crippen LogP contribution in [0.2, 0.25) is 0 Å². The highest BCUT2D eigenvalue weighted by Gasteiger charge is 2.34. The molecule has 0 unspecified atom stereocenters. The van der Waals surface area contributed by atoms with E-state index in [4.69, 9.17) is 0 Å². The number of amides is 2. The smallest absolute Gasteiger partial charge is 0.244 e. The molecular weight excluding hydrogens is 558 g/mol. The van der Waals surface area contributed by atoms with Gasteiger partial charge in [-0.15, -0.1) is 0 Å². The molecule has 0 aromatic heterocycles. The molecule has 0 bridgehead atoms. The van der Waals surface area contributed by atoms with Crippen molar-refractivity contribution in [2.75, 3.05) is 17.1 Å². The topological polar surface area (TPSA) is 86.8 Å². The minimum absolute atomic E-state index is 0.0721. The molecule has 1 saturated carbocycles. The Hall–Kier alpha value is -3.65. The molecule has 43 heavy (non-hydrogen) atoms. The standard InChI is InChI=1S/C35H45N3O4S/c1-26(2)30-19-21-32(22-20-30)38(43(4,41)42)25-34(39)37(24-29-17-15-27(3)16-18-29)33(23-28-11-7-5-8-12-28)35(40)36-31-13-9-6-10-14-31/h5,7-8,11-12,15-22,26,31,33H,6,9-10,13-14,23-25H2,1-4H3,(H,36,40)/t33-/m1/s1. The number of carbonyl (C=O) groups is 2. The quantitative estimate of drug-likeness (QED) is 0.276. The normalized spacial score (nSPS) is 14.7. The van der Waals surface area contributed by atoms with E-state index in [9.17, 15) is 18.0 Å². The number of sulfonamides is 1. The number of nitrogens with one attached hydrogen (secondary N) is 1. The van der Waals surface area contributed by atoms with Crippen molar-refractivity contribution in [2.45, 2.75) is 83.8 Å². The Morgan fingerprint density at radius 3 is 2.07 bits per heavy atom. The average molecular weight is 604 g/mol. The summed E-state index contributed by atoms with van der Waals surface area (Å²) in [6, 6.07) is 24.0. The molecule has 1 aliphatic carbocycles. The van der Waals surface area contributed by atoms with Crippen LogP contribution in [0.4, 0.5) is 5.69 Å². The second kappa shape index (κ2) is 14.7. The molecule has 3 aromatic rings. The third-order valence-electron chi connectivity index (χ3n) is 8.22. The molecule has 230 valence electrons. The van der Waals surface area contributed by atoms with Gasteiger partial charge in [0.05, 0.1) is 11.9 Å². The SMILES string of the molecule is Cc1ccc(CN(C(=O)CN(c2ccc(C(C)C)cc2)S(C)(=O)=O)[C@H](Cc2ccccc2)C(=O)NC2CCCCC2)cc1. The molecule has 7 nitrogen and oxygen atoms in total. The summed E-state index contributed by atoms with van der Waals surface area (Å²) in [5, 5.41) is 3.24. The van der Waals surface area contributed by atoms with E-state index in [-0.39, 0.29) is 24.4 Å². The van der Waals surface area contributed by atoms with E-state index in [1.165, 1.54) is 0 Å². The van der Waals surface area contributed by atoms with Crippen molar-refractivity contribution in [3.8, 4) is 0 Å².